The van der Waals surface area contributed by atoms with Crippen molar-refractivity contribution in [2.75, 3.05) is 5.32 Å². The van der Waals surface area contributed by atoms with E-state index in [9.17, 15) is 0 Å². The monoisotopic (exact) mass is 547 g/mol. The Hall–Kier alpha value is -4.10. The van der Waals surface area contributed by atoms with Crippen LogP contribution >= 0.6 is 0 Å². The zero-order valence-electron chi connectivity index (χ0n) is 25.8. The summed E-state index contributed by atoms with van der Waals surface area (Å²) in [7, 11) is 0. The number of rotatable bonds is 4. The van der Waals surface area contributed by atoms with Crippen molar-refractivity contribution < 1.29 is 0 Å². The van der Waals surface area contributed by atoms with Gasteiger partial charge in [0.2, 0.25) is 0 Å². The summed E-state index contributed by atoms with van der Waals surface area (Å²) < 4.78 is 0. The first kappa shape index (κ1) is 26.8. The fourth-order valence-electron chi connectivity index (χ4n) is 7.56. The molecule has 0 heterocycles. The molecule has 7 rings (SSSR count). The van der Waals surface area contributed by atoms with E-state index in [0.29, 0.717) is 0 Å². The minimum absolute atomic E-state index is 0.0601. The van der Waals surface area contributed by atoms with Crippen molar-refractivity contribution in [3.05, 3.63) is 131 Å². The Kier molecular flexibility index (Phi) is 6.03. The van der Waals surface area contributed by atoms with Gasteiger partial charge in [0, 0.05) is 22.4 Å². The van der Waals surface area contributed by atoms with Crippen molar-refractivity contribution in [1.29, 1.82) is 0 Å². The lowest BCUT2D eigenvalue weighted by atomic mass is 9.61. The third-order valence-electron chi connectivity index (χ3n) is 10.1. The van der Waals surface area contributed by atoms with E-state index in [1.54, 1.807) is 0 Å². The summed E-state index contributed by atoms with van der Waals surface area (Å²) in [5, 5.41) is 3.90. The SMILES string of the molecule is CC1(C)CCC(C)(C)c2c(-c3cc4c(cc3Nc3ccc(-c5ccccc5)cc3)C(C)(C)c3ccccc3-4)cccc21. The third kappa shape index (κ3) is 4.21. The molecule has 1 heteroatoms. The molecule has 0 saturated carbocycles. The highest BCUT2D eigenvalue weighted by atomic mass is 14.9. The van der Waals surface area contributed by atoms with Gasteiger partial charge in [-0.05, 0) is 98.0 Å². The molecule has 5 aromatic carbocycles. The molecule has 0 amide bonds. The second-order valence-electron chi connectivity index (χ2n) is 14.2. The van der Waals surface area contributed by atoms with Crippen molar-refractivity contribution in [1.82, 2.24) is 0 Å². The fraction of sp³-hybridized carbons (Fsp3) is 0.268. The van der Waals surface area contributed by atoms with Gasteiger partial charge < -0.3 is 5.32 Å². The van der Waals surface area contributed by atoms with Crippen LogP contribution in [0.3, 0.4) is 0 Å². The highest BCUT2D eigenvalue weighted by Gasteiger charge is 2.40. The van der Waals surface area contributed by atoms with Gasteiger partial charge in [0.25, 0.3) is 0 Å². The number of hydrogen-bond donors (Lipinski definition) is 1. The molecule has 0 aromatic heterocycles. The maximum atomic E-state index is 3.90. The first-order chi connectivity index (χ1) is 20.1. The third-order valence-corrected chi connectivity index (χ3v) is 10.1. The van der Waals surface area contributed by atoms with E-state index in [0.717, 1.165) is 5.69 Å². The smallest absolute Gasteiger partial charge is 0.0467 e. The van der Waals surface area contributed by atoms with Crippen molar-refractivity contribution in [2.45, 2.75) is 70.6 Å². The van der Waals surface area contributed by atoms with Crippen LogP contribution in [0.15, 0.2) is 109 Å². The molecule has 0 bridgehead atoms. The first-order valence-electron chi connectivity index (χ1n) is 15.4. The van der Waals surface area contributed by atoms with E-state index in [2.05, 4.69) is 156 Å². The van der Waals surface area contributed by atoms with Gasteiger partial charge in [0.1, 0.15) is 0 Å². The molecule has 1 N–H and O–H groups in total. The summed E-state index contributed by atoms with van der Waals surface area (Å²) >= 11 is 0. The Morgan fingerprint density at radius 1 is 0.476 bits per heavy atom. The normalized spacial score (nSPS) is 17.2. The van der Waals surface area contributed by atoms with Crippen LogP contribution in [0.5, 0.6) is 0 Å². The number of hydrogen-bond acceptors (Lipinski definition) is 1. The molecule has 1 nitrogen and oxygen atoms in total. The number of nitrogens with one attached hydrogen (secondary N) is 1. The molecule has 0 spiro atoms. The largest absolute Gasteiger partial charge is 0.355 e. The lowest BCUT2D eigenvalue weighted by Gasteiger charge is -2.43. The molecule has 2 aliphatic carbocycles. The highest BCUT2D eigenvalue weighted by molar-refractivity contribution is 5.93. The van der Waals surface area contributed by atoms with Gasteiger partial charge in [-0.1, -0.05) is 126 Å². The summed E-state index contributed by atoms with van der Waals surface area (Å²) in [6.07, 6.45) is 2.40. The van der Waals surface area contributed by atoms with Crippen LogP contribution < -0.4 is 5.32 Å². The van der Waals surface area contributed by atoms with Gasteiger partial charge in [-0.15, -0.1) is 0 Å². The topological polar surface area (TPSA) is 12.0 Å². The summed E-state index contributed by atoms with van der Waals surface area (Å²) in [4.78, 5) is 0. The Bertz CT molecular complexity index is 1800. The van der Waals surface area contributed by atoms with Crippen LogP contribution in [0.2, 0.25) is 0 Å². The molecule has 210 valence electrons. The lowest BCUT2D eigenvalue weighted by molar-refractivity contribution is 0.333. The van der Waals surface area contributed by atoms with Gasteiger partial charge in [-0.2, -0.15) is 0 Å². The predicted molar refractivity (Wildman–Crippen MR) is 180 cm³/mol. The number of benzene rings is 5. The van der Waals surface area contributed by atoms with E-state index in [4.69, 9.17) is 0 Å². The van der Waals surface area contributed by atoms with E-state index in [1.165, 1.54) is 74.2 Å². The molecule has 0 radical (unpaired) electrons. The molecule has 0 atom stereocenters. The van der Waals surface area contributed by atoms with Crippen molar-refractivity contribution >= 4 is 11.4 Å². The molecule has 0 aliphatic heterocycles. The van der Waals surface area contributed by atoms with Gasteiger partial charge in [0.15, 0.2) is 0 Å². The molecule has 2 aliphatic rings. The van der Waals surface area contributed by atoms with E-state index in [1.807, 2.05) is 0 Å². The molecule has 0 fully saturated rings. The molecule has 0 unspecified atom stereocenters. The maximum Gasteiger partial charge on any atom is 0.0467 e. The second-order valence-corrected chi connectivity index (χ2v) is 14.2. The molecule has 0 saturated heterocycles. The minimum Gasteiger partial charge on any atom is -0.355 e. The molecule has 42 heavy (non-hydrogen) atoms. The maximum absolute atomic E-state index is 3.90. The van der Waals surface area contributed by atoms with Crippen LogP contribution in [0.4, 0.5) is 11.4 Å². The van der Waals surface area contributed by atoms with E-state index in [-0.39, 0.29) is 16.2 Å². The minimum atomic E-state index is -0.0601. The van der Waals surface area contributed by atoms with Crippen LogP contribution in [0.25, 0.3) is 33.4 Å². The Morgan fingerprint density at radius 2 is 1.10 bits per heavy atom. The van der Waals surface area contributed by atoms with E-state index >= 15 is 0 Å². The van der Waals surface area contributed by atoms with Gasteiger partial charge in [0.05, 0.1) is 0 Å². The van der Waals surface area contributed by atoms with Crippen molar-refractivity contribution in [3.63, 3.8) is 0 Å². The van der Waals surface area contributed by atoms with E-state index < -0.39 is 0 Å². The summed E-state index contributed by atoms with van der Waals surface area (Å²) in [6.45, 7) is 14.4. The zero-order chi connectivity index (χ0) is 29.3. The Morgan fingerprint density at radius 3 is 1.86 bits per heavy atom. The molecule has 5 aromatic rings. The first-order valence-corrected chi connectivity index (χ1v) is 15.4. The average molecular weight is 548 g/mol. The van der Waals surface area contributed by atoms with Gasteiger partial charge >= 0.3 is 0 Å². The number of anilines is 2. The van der Waals surface area contributed by atoms with Gasteiger partial charge in [-0.3, -0.25) is 0 Å². The highest BCUT2D eigenvalue weighted by Crippen LogP contribution is 2.54. The Labute approximate surface area is 251 Å². The van der Waals surface area contributed by atoms with Crippen LogP contribution in [-0.2, 0) is 16.2 Å². The Balaban J connectivity index is 1.43. The number of fused-ring (bicyclic) bond motifs is 4. The van der Waals surface area contributed by atoms with Crippen LogP contribution in [-0.4, -0.2) is 0 Å². The van der Waals surface area contributed by atoms with Gasteiger partial charge in [-0.25, -0.2) is 0 Å². The summed E-state index contributed by atoms with van der Waals surface area (Å²) in [5.74, 6) is 0. The fourth-order valence-corrected chi connectivity index (χ4v) is 7.56. The van der Waals surface area contributed by atoms with Crippen LogP contribution in [0.1, 0.15) is 76.6 Å². The van der Waals surface area contributed by atoms with Crippen molar-refractivity contribution in [2.24, 2.45) is 0 Å². The second kappa shape index (κ2) is 9.46. The van der Waals surface area contributed by atoms with Crippen molar-refractivity contribution in [3.8, 4) is 33.4 Å². The predicted octanol–water partition coefficient (Wildman–Crippen LogP) is 11.4. The average Bonchev–Trinajstić information content (AvgIpc) is 3.21. The lowest BCUT2D eigenvalue weighted by Crippen LogP contribution is -2.34. The van der Waals surface area contributed by atoms with Crippen LogP contribution in [0, 0.1) is 0 Å². The molecular formula is C41H41N. The summed E-state index contributed by atoms with van der Waals surface area (Å²) in [5.41, 5.74) is 16.1. The molecular weight excluding hydrogens is 506 g/mol. The summed E-state index contributed by atoms with van der Waals surface area (Å²) in [6, 6.07) is 40.4. The quantitative estimate of drug-likeness (QED) is 0.236. The standard InChI is InChI=1S/C41H41N/c1-39(2)23-24-40(3,4)38-31(16-12-18-35(38)39)33-25-32-30-15-10-11-17-34(30)41(5,6)36(32)26-37(33)42-29-21-19-28(20-22-29)27-13-8-7-9-14-27/h7-22,25-26,42H,23-24H2,1-6H3. The zero-order valence-corrected chi connectivity index (χ0v) is 25.8.